The molecule has 4 nitrogen and oxygen atoms in total. The summed E-state index contributed by atoms with van der Waals surface area (Å²) in [5, 5.41) is 9.41. The molecule has 0 amide bonds. The lowest BCUT2D eigenvalue weighted by molar-refractivity contribution is 0.111. The molecule has 0 aliphatic heterocycles. The topological polar surface area (TPSA) is 66.4 Å². The van der Waals surface area contributed by atoms with Gasteiger partial charge in [-0.2, -0.15) is 0 Å². The molecule has 0 aromatic heterocycles. The molecule has 0 aliphatic carbocycles. The number of rotatable bonds is 4. The van der Waals surface area contributed by atoms with E-state index in [1.165, 1.54) is 20.8 Å². The molecule has 1 atom stereocenters. The number of sulfonamides is 1. The second-order valence-corrected chi connectivity index (χ2v) is 6.17. The van der Waals surface area contributed by atoms with Gasteiger partial charge in [0.1, 0.15) is 11.6 Å². The molecule has 1 rings (SSSR count). The number of hydrogen-bond acceptors (Lipinski definition) is 3. The van der Waals surface area contributed by atoms with Crippen LogP contribution in [0.25, 0.3) is 0 Å². The Morgan fingerprint density at radius 3 is 2.11 bits per heavy atom. The van der Waals surface area contributed by atoms with Crippen molar-refractivity contribution in [3.63, 3.8) is 0 Å². The Labute approximate surface area is 105 Å². The maximum atomic E-state index is 13.4. The van der Waals surface area contributed by atoms with Crippen molar-refractivity contribution in [1.82, 2.24) is 4.72 Å². The minimum absolute atomic E-state index is 0.854. The molecular weight excluding hydrogens is 264 g/mol. The summed E-state index contributed by atoms with van der Waals surface area (Å²) in [6.07, 6.45) is -1.03. The molecule has 1 aromatic rings. The highest BCUT2D eigenvalue weighted by Crippen LogP contribution is 2.21. The van der Waals surface area contributed by atoms with E-state index < -0.39 is 38.2 Å². The third-order valence-corrected chi connectivity index (χ3v) is 4.35. The summed E-state index contributed by atoms with van der Waals surface area (Å²) in [5.41, 5.74) is -1.24. The lowest BCUT2D eigenvalue weighted by Gasteiger charge is -2.28. The Balaban J connectivity index is 3.24. The second kappa shape index (κ2) is 4.91. The molecule has 0 heterocycles. The first-order valence-corrected chi connectivity index (χ1v) is 6.72. The average Bonchev–Trinajstić information content (AvgIpc) is 2.14. The first kappa shape index (κ1) is 15.0. The maximum Gasteiger partial charge on any atom is 0.246 e. The van der Waals surface area contributed by atoms with Gasteiger partial charge in [-0.1, -0.05) is 6.07 Å². The van der Waals surface area contributed by atoms with Crippen LogP contribution in [0.1, 0.15) is 20.8 Å². The third-order valence-electron chi connectivity index (χ3n) is 2.63. The van der Waals surface area contributed by atoms with Crippen molar-refractivity contribution in [2.45, 2.75) is 37.3 Å². The molecule has 0 saturated carbocycles. The molecule has 0 aliphatic rings. The Hall–Kier alpha value is -1.05. The molecule has 0 spiro atoms. The Bertz CT molecular complexity index is 521. The molecule has 2 N–H and O–H groups in total. The molecule has 1 unspecified atom stereocenters. The van der Waals surface area contributed by atoms with Crippen LogP contribution in [0.4, 0.5) is 8.78 Å². The largest absolute Gasteiger partial charge is 0.391 e. The second-order valence-electron chi connectivity index (χ2n) is 4.55. The highest BCUT2D eigenvalue weighted by Gasteiger charge is 2.33. The summed E-state index contributed by atoms with van der Waals surface area (Å²) >= 11 is 0. The fourth-order valence-corrected chi connectivity index (χ4v) is 2.84. The Morgan fingerprint density at radius 1 is 1.28 bits per heavy atom. The van der Waals surface area contributed by atoms with E-state index in [9.17, 15) is 22.3 Å². The van der Waals surface area contributed by atoms with E-state index in [0.29, 0.717) is 0 Å². The molecule has 1 aromatic carbocycles. The van der Waals surface area contributed by atoms with Crippen LogP contribution < -0.4 is 4.72 Å². The van der Waals surface area contributed by atoms with Gasteiger partial charge in [0.15, 0.2) is 4.90 Å². The predicted molar refractivity (Wildman–Crippen MR) is 62.4 cm³/mol. The van der Waals surface area contributed by atoms with Gasteiger partial charge in [-0.3, -0.25) is 0 Å². The molecule has 0 fully saturated rings. The zero-order chi connectivity index (χ0) is 14.1. The number of aliphatic hydroxyl groups is 1. The minimum Gasteiger partial charge on any atom is -0.391 e. The summed E-state index contributed by atoms with van der Waals surface area (Å²) in [6.45, 7) is 4.20. The highest BCUT2D eigenvalue weighted by atomic mass is 32.2. The van der Waals surface area contributed by atoms with Gasteiger partial charge < -0.3 is 5.11 Å². The van der Waals surface area contributed by atoms with Crippen LogP contribution in [0.2, 0.25) is 0 Å². The van der Waals surface area contributed by atoms with Crippen LogP contribution in [0, 0.1) is 11.6 Å². The fraction of sp³-hybridized carbons (Fsp3) is 0.455. The van der Waals surface area contributed by atoms with E-state index in [0.717, 1.165) is 18.2 Å². The summed E-state index contributed by atoms with van der Waals surface area (Å²) < 4.78 is 52.7. The van der Waals surface area contributed by atoms with Crippen LogP contribution in [0.5, 0.6) is 0 Å². The molecule has 0 saturated heterocycles. The van der Waals surface area contributed by atoms with Gasteiger partial charge in [0, 0.05) is 0 Å². The summed E-state index contributed by atoms with van der Waals surface area (Å²) in [6, 6.07) is 2.78. The van der Waals surface area contributed by atoms with E-state index in [2.05, 4.69) is 4.72 Å². The third kappa shape index (κ3) is 3.04. The number of hydrogen-bond donors (Lipinski definition) is 2. The number of halogens is 2. The van der Waals surface area contributed by atoms with E-state index in [4.69, 9.17) is 0 Å². The van der Waals surface area contributed by atoms with Crippen molar-refractivity contribution in [2.75, 3.05) is 0 Å². The molecular formula is C11H15F2NO3S. The van der Waals surface area contributed by atoms with E-state index in [1.807, 2.05) is 0 Å². The summed E-state index contributed by atoms with van der Waals surface area (Å²) in [5.74, 6) is -2.35. The van der Waals surface area contributed by atoms with E-state index in [1.54, 1.807) is 0 Å². The van der Waals surface area contributed by atoms with Crippen molar-refractivity contribution in [3.05, 3.63) is 29.8 Å². The van der Waals surface area contributed by atoms with Crippen molar-refractivity contribution >= 4 is 10.0 Å². The Morgan fingerprint density at radius 2 is 1.72 bits per heavy atom. The maximum absolute atomic E-state index is 13.4. The average molecular weight is 279 g/mol. The van der Waals surface area contributed by atoms with E-state index in [-0.39, 0.29) is 0 Å². The molecule has 0 bridgehead atoms. The van der Waals surface area contributed by atoms with Crippen LogP contribution in [-0.2, 0) is 10.0 Å². The van der Waals surface area contributed by atoms with Gasteiger partial charge in [0.25, 0.3) is 0 Å². The standard InChI is InChI=1S/C11H15F2NO3S/c1-7(15)11(2,3)14-18(16,17)10-8(12)5-4-6-9(10)13/h4-7,14-15H,1-3H3. The Kier molecular flexibility index (Phi) is 4.09. The van der Waals surface area contributed by atoms with Gasteiger partial charge in [-0.15, -0.1) is 0 Å². The fourth-order valence-electron chi connectivity index (χ4n) is 1.22. The van der Waals surface area contributed by atoms with Crippen molar-refractivity contribution in [3.8, 4) is 0 Å². The molecule has 18 heavy (non-hydrogen) atoms. The van der Waals surface area contributed by atoms with Gasteiger partial charge >= 0.3 is 0 Å². The smallest absolute Gasteiger partial charge is 0.246 e. The van der Waals surface area contributed by atoms with E-state index >= 15 is 0 Å². The quantitative estimate of drug-likeness (QED) is 0.875. The minimum atomic E-state index is -4.38. The van der Waals surface area contributed by atoms with Crippen molar-refractivity contribution < 1.29 is 22.3 Å². The van der Waals surface area contributed by atoms with Gasteiger partial charge in [-0.25, -0.2) is 21.9 Å². The predicted octanol–water partition coefficient (Wildman–Crippen LogP) is 1.40. The molecule has 102 valence electrons. The SMILES string of the molecule is CC(O)C(C)(C)NS(=O)(=O)c1c(F)cccc1F. The number of benzene rings is 1. The molecule has 0 radical (unpaired) electrons. The lowest BCUT2D eigenvalue weighted by Crippen LogP contribution is -2.51. The van der Waals surface area contributed by atoms with Gasteiger partial charge in [0.2, 0.25) is 10.0 Å². The van der Waals surface area contributed by atoms with Crippen LogP contribution in [-0.4, -0.2) is 25.2 Å². The lowest BCUT2D eigenvalue weighted by atomic mass is 10.0. The first-order valence-electron chi connectivity index (χ1n) is 5.24. The zero-order valence-corrected chi connectivity index (χ0v) is 11.1. The molecule has 7 heteroatoms. The number of nitrogens with one attached hydrogen (secondary N) is 1. The van der Waals surface area contributed by atoms with Gasteiger partial charge in [0.05, 0.1) is 11.6 Å². The highest BCUT2D eigenvalue weighted by molar-refractivity contribution is 7.89. The van der Waals surface area contributed by atoms with Crippen molar-refractivity contribution in [1.29, 1.82) is 0 Å². The summed E-state index contributed by atoms with van der Waals surface area (Å²) in [7, 11) is -4.38. The number of aliphatic hydroxyl groups excluding tert-OH is 1. The first-order chi connectivity index (χ1) is 8.08. The summed E-state index contributed by atoms with van der Waals surface area (Å²) in [4.78, 5) is -1.04. The van der Waals surface area contributed by atoms with Crippen LogP contribution >= 0.6 is 0 Å². The van der Waals surface area contributed by atoms with Crippen LogP contribution in [0.15, 0.2) is 23.1 Å². The van der Waals surface area contributed by atoms with Crippen LogP contribution in [0.3, 0.4) is 0 Å². The monoisotopic (exact) mass is 279 g/mol. The van der Waals surface area contributed by atoms with Gasteiger partial charge in [-0.05, 0) is 32.9 Å². The normalized spacial score (nSPS) is 14.6. The zero-order valence-electron chi connectivity index (χ0n) is 10.2. The van der Waals surface area contributed by atoms with Crippen molar-refractivity contribution in [2.24, 2.45) is 0 Å².